The highest BCUT2D eigenvalue weighted by atomic mass is 19.1. The molecule has 3 aromatic rings. The molecule has 0 unspecified atom stereocenters. The number of pyridine rings is 1. The first-order valence-corrected chi connectivity index (χ1v) is 7.68. The lowest BCUT2D eigenvalue weighted by molar-refractivity contribution is 0.187. The van der Waals surface area contributed by atoms with E-state index in [4.69, 9.17) is 5.73 Å². The zero-order valence-electron chi connectivity index (χ0n) is 14.2. The van der Waals surface area contributed by atoms with Crippen LogP contribution in [0.15, 0.2) is 42.7 Å². The number of hydrogen-bond donors (Lipinski definition) is 2. The van der Waals surface area contributed by atoms with E-state index in [0.29, 0.717) is 22.6 Å². The van der Waals surface area contributed by atoms with Crippen LogP contribution in [0.5, 0.6) is 0 Å². The van der Waals surface area contributed by atoms with Crippen molar-refractivity contribution < 1.29 is 13.9 Å². The monoisotopic (exact) mass is 353 g/mol. The minimum absolute atomic E-state index is 0.0475. The molecule has 0 aliphatic rings. The number of amides is 1. The molecule has 0 fully saturated rings. The number of methoxy groups -OCH3 is 1. The van der Waals surface area contributed by atoms with E-state index in [1.165, 1.54) is 19.2 Å². The van der Waals surface area contributed by atoms with E-state index in [1.54, 1.807) is 31.5 Å². The third-order valence-electron chi connectivity index (χ3n) is 3.78. The number of ether oxygens (including phenoxy) is 1. The summed E-state index contributed by atoms with van der Waals surface area (Å²) in [5, 5.41) is 10.6. The van der Waals surface area contributed by atoms with Crippen LogP contribution < -0.4 is 11.1 Å². The van der Waals surface area contributed by atoms with Crippen LogP contribution in [0.25, 0.3) is 22.4 Å². The van der Waals surface area contributed by atoms with Gasteiger partial charge in [-0.25, -0.2) is 14.2 Å². The SMILES string of the molecule is COC(=O)Nc1cc(-c2cnnc(-c3cc(N)c(F)cc3C)c2)ccn1. The number of nitrogens with one attached hydrogen (secondary N) is 1. The van der Waals surface area contributed by atoms with Crippen LogP contribution in [0.2, 0.25) is 0 Å². The summed E-state index contributed by atoms with van der Waals surface area (Å²) in [6.07, 6.45) is 2.53. The van der Waals surface area contributed by atoms with E-state index in [1.807, 2.05) is 6.07 Å². The van der Waals surface area contributed by atoms with Crippen molar-refractivity contribution >= 4 is 17.6 Å². The molecule has 2 heterocycles. The smallest absolute Gasteiger partial charge is 0.412 e. The average molecular weight is 353 g/mol. The number of aromatic nitrogens is 3. The third kappa shape index (κ3) is 3.59. The molecule has 3 N–H and O–H groups in total. The van der Waals surface area contributed by atoms with Gasteiger partial charge in [0.05, 0.1) is 24.7 Å². The Morgan fingerprint density at radius 3 is 2.81 bits per heavy atom. The number of carbonyl (C=O) groups is 1. The van der Waals surface area contributed by atoms with Crippen LogP contribution >= 0.6 is 0 Å². The Kier molecular flexibility index (Phi) is 4.74. The molecule has 1 amide bonds. The van der Waals surface area contributed by atoms with E-state index in [2.05, 4.69) is 25.2 Å². The number of aryl methyl sites for hydroxylation is 1. The van der Waals surface area contributed by atoms with E-state index in [0.717, 1.165) is 11.1 Å². The van der Waals surface area contributed by atoms with Crippen molar-refractivity contribution in [1.29, 1.82) is 0 Å². The number of nitrogens with two attached hydrogens (primary N) is 1. The molecule has 132 valence electrons. The molecule has 0 saturated carbocycles. The van der Waals surface area contributed by atoms with Crippen molar-refractivity contribution in [1.82, 2.24) is 15.2 Å². The summed E-state index contributed by atoms with van der Waals surface area (Å²) >= 11 is 0. The predicted molar refractivity (Wildman–Crippen MR) is 95.8 cm³/mol. The Hall–Kier alpha value is -3.55. The molecule has 0 radical (unpaired) electrons. The summed E-state index contributed by atoms with van der Waals surface area (Å²) in [5.41, 5.74) is 9.21. The molecule has 7 nitrogen and oxygen atoms in total. The Morgan fingerprint density at radius 1 is 1.23 bits per heavy atom. The maximum Gasteiger partial charge on any atom is 0.412 e. The highest BCUT2D eigenvalue weighted by Gasteiger charge is 2.11. The van der Waals surface area contributed by atoms with Gasteiger partial charge in [0.25, 0.3) is 0 Å². The zero-order chi connectivity index (χ0) is 18.7. The van der Waals surface area contributed by atoms with Crippen molar-refractivity contribution in [2.24, 2.45) is 0 Å². The van der Waals surface area contributed by atoms with E-state index in [-0.39, 0.29) is 5.69 Å². The van der Waals surface area contributed by atoms with Crippen molar-refractivity contribution in [2.45, 2.75) is 6.92 Å². The highest BCUT2D eigenvalue weighted by Crippen LogP contribution is 2.29. The first kappa shape index (κ1) is 17.3. The van der Waals surface area contributed by atoms with Gasteiger partial charge in [0, 0.05) is 17.3 Å². The number of halogens is 1. The molecular weight excluding hydrogens is 337 g/mol. The molecule has 2 aromatic heterocycles. The molecule has 26 heavy (non-hydrogen) atoms. The maximum atomic E-state index is 13.6. The number of rotatable bonds is 3. The number of anilines is 2. The number of hydrogen-bond acceptors (Lipinski definition) is 6. The minimum Gasteiger partial charge on any atom is -0.453 e. The molecule has 0 atom stereocenters. The number of benzene rings is 1. The lowest BCUT2D eigenvalue weighted by Gasteiger charge is -2.09. The van der Waals surface area contributed by atoms with Gasteiger partial charge in [0.1, 0.15) is 11.6 Å². The first-order chi connectivity index (χ1) is 12.5. The summed E-state index contributed by atoms with van der Waals surface area (Å²) in [6, 6.07) is 8.17. The second kappa shape index (κ2) is 7.14. The van der Waals surface area contributed by atoms with Gasteiger partial charge in [-0.1, -0.05) is 0 Å². The van der Waals surface area contributed by atoms with Crippen LogP contribution in [0.3, 0.4) is 0 Å². The molecule has 0 aliphatic carbocycles. The van der Waals surface area contributed by atoms with Crippen molar-refractivity contribution in [2.75, 3.05) is 18.2 Å². The van der Waals surface area contributed by atoms with Gasteiger partial charge in [0.2, 0.25) is 0 Å². The fraction of sp³-hybridized carbons (Fsp3) is 0.111. The second-order valence-corrected chi connectivity index (χ2v) is 5.56. The van der Waals surface area contributed by atoms with Crippen LogP contribution in [0, 0.1) is 12.7 Å². The van der Waals surface area contributed by atoms with Gasteiger partial charge in [0.15, 0.2) is 0 Å². The van der Waals surface area contributed by atoms with Crippen molar-refractivity contribution in [3.8, 4) is 22.4 Å². The molecule has 3 rings (SSSR count). The fourth-order valence-electron chi connectivity index (χ4n) is 2.46. The second-order valence-electron chi connectivity index (χ2n) is 5.56. The topological polar surface area (TPSA) is 103 Å². The third-order valence-corrected chi connectivity index (χ3v) is 3.78. The summed E-state index contributed by atoms with van der Waals surface area (Å²) in [7, 11) is 1.27. The molecule has 0 saturated heterocycles. The summed E-state index contributed by atoms with van der Waals surface area (Å²) in [6.45, 7) is 1.77. The standard InChI is InChI=1S/C18H16FN5O2/c1-10-5-14(19)15(20)8-13(10)16-6-12(9-22-24-16)11-3-4-21-17(7-11)23-18(25)26-2/h3-9H,20H2,1-2H3,(H,21,23,25). The van der Waals surface area contributed by atoms with E-state index >= 15 is 0 Å². The van der Waals surface area contributed by atoms with Crippen LogP contribution in [0.1, 0.15) is 5.56 Å². The summed E-state index contributed by atoms with van der Waals surface area (Å²) < 4.78 is 18.1. The van der Waals surface area contributed by atoms with Crippen LogP contribution in [0.4, 0.5) is 20.7 Å². The molecule has 0 spiro atoms. The van der Waals surface area contributed by atoms with E-state index < -0.39 is 11.9 Å². The largest absolute Gasteiger partial charge is 0.453 e. The molecule has 0 bridgehead atoms. The van der Waals surface area contributed by atoms with Gasteiger partial charge >= 0.3 is 6.09 Å². The number of nitrogens with zero attached hydrogens (tertiary/aromatic N) is 3. The maximum absolute atomic E-state index is 13.6. The Balaban J connectivity index is 1.99. The normalized spacial score (nSPS) is 10.4. The molecule has 8 heteroatoms. The molecule has 0 aliphatic heterocycles. The zero-order valence-corrected chi connectivity index (χ0v) is 14.2. The Morgan fingerprint density at radius 2 is 2.04 bits per heavy atom. The van der Waals surface area contributed by atoms with Gasteiger partial charge < -0.3 is 10.5 Å². The summed E-state index contributed by atoms with van der Waals surface area (Å²) in [5.74, 6) is -0.127. The number of carbonyl (C=O) groups excluding carboxylic acids is 1. The lowest BCUT2D eigenvalue weighted by atomic mass is 10.0. The van der Waals surface area contributed by atoms with Crippen LogP contribution in [-0.4, -0.2) is 28.4 Å². The first-order valence-electron chi connectivity index (χ1n) is 7.68. The van der Waals surface area contributed by atoms with Gasteiger partial charge in [-0.3, -0.25) is 5.32 Å². The summed E-state index contributed by atoms with van der Waals surface area (Å²) in [4.78, 5) is 15.4. The lowest BCUT2D eigenvalue weighted by Crippen LogP contribution is -2.11. The molecular formula is C18H16FN5O2. The van der Waals surface area contributed by atoms with Gasteiger partial charge in [-0.15, -0.1) is 0 Å². The fourth-order valence-corrected chi connectivity index (χ4v) is 2.46. The number of nitrogen functional groups attached to an aromatic ring is 1. The predicted octanol–water partition coefficient (Wildman–Crippen LogP) is 3.41. The Labute approximate surface area is 149 Å². The minimum atomic E-state index is -0.611. The van der Waals surface area contributed by atoms with Gasteiger partial charge in [-0.05, 0) is 48.4 Å². The Bertz CT molecular complexity index is 978. The quantitative estimate of drug-likeness (QED) is 0.700. The molecule has 1 aromatic carbocycles. The average Bonchev–Trinajstić information content (AvgIpc) is 2.65. The van der Waals surface area contributed by atoms with Gasteiger partial charge in [-0.2, -0.15) is 10.2 Å². The van der Waals surface area contributed by atoms with E-state index in [9.17, 15) is 9.18 Å². The van der Waals surface area contributed by atoms with Crippen LogP contribution in [-0.2, 0) is 4.74 Å². The van der Waals surface area contributed by atoms with Crippen molar-refractivity contribution in [3.63, 3.8) is 0 Å². The highest BCUT2D eigenvalue weighted by molar-refractivity contribution is 5.84. The van der Waals surface area contributed by atoms with Crippen molar-refractivity contribution in [3.05, 3.63) is 54.1 Å².